The smallest absolute Gasteiger partial charge is 0.189 e. The monoisotopic (exact) mass is 307 g/mol. The summed E-state index contributed by atoms with van der Waals surface area (Å²) >= 11 is 0. The van der Waals surface area contributed by atoms with Crippen molar-refractivity contribution < 1.29 is 4.74 Å². The predicted molar refractivity (Wildman–Crippen MR) is 95.9 cm³/mol. The van der Waals surface area contributed by atoms with Gasteiger partial charge in [0.25, 0.3) is 0 Å². The molecule has 1 aliphatic heterocycles. The molecule has 0 spiro atoms. The second-order valence-electron chi connectivity index (χ2n) is 7.31. The number of rotatable bonds is 2. The number of hydrogen-bond donors (Lipinski definition) is 0. The highest BCUT2D eigenvalue weighted by Gasteiger charge is 2.35. The van der Waals surface area contributed by atoms with E-state index in [1.54, 1.807) is 0 Å². The Morgan fingerprint density at radius 1 is 0.957 bits per heavy atom. The van der Waals surface area contributed by atoms with E-state index in [2.05, 4.69) is 82.3 Å². The molecule has 2 aromatic carbocycles. The van der Waals surface area contributed by atoms with E-state index in [-0.39, 0.29) is 17.4 Å². The fourth-order valence-corrected chi connectivity index (χ4v) is 3.10. The van der Waals surface area contributed by atoms with Crippen molar-refractivity contribution >= 4 is 5.90 Å². The molecular weight excluding hydrogens is 282 g/mol. The third-order valence-corrected chi connectivity index (χ3v) is 4.40. The Morgan fingerprint density at radius 3 is 2.26 bits per heavy atom. The molecule has 0 N–H and O–H groups in total. The standard InChI is InChI=1S/C21H25NO/c1-15-10-8-9-13-17(15)19-18(16-11-6-5-7-12-16)14-22-20(23-19)21(2,3)4/h5-13,18-19H,14H2,1-4H3. The summed E-state index contributed by atoms with van der Waals surface area (Å²) in [5.41, 5.74) is 3.76. The van der Waals surface area contributed by atoms with Crippen LogP contribution in [0, 0.1) is 12.3 Å². The van der Waals surface area contributed by atoms with Crippen LogP contribution in [0.25, 0.3) is 0 Å². The number of aryl methyl sites for hydroxylation is 1. The first-order valence-electron chi connectivity index (χ1n) is 8.29. The van der Waals surface area contributed by atoms with E-state index in [1.807, 2.05) is 0 Å². The van der Waals surface area contributed by atoms with Crippen LogP contribution >= 0.6 is 0 Å². The van der Waals surface area contributed by atoms with Crippen LogP contribution in [0.3, 0.4) is 0 Å². The maximum atomic E-state index is 6.43. The van der Waals surface area contributed by atoms with E-state index < -0.39 is 0 Å². The molecule has 2 nitrogen and oxygen atoms in total. The summed E-state index contributed by atoms with van der Waals surface area (Å²) in [5.74, 6) is 1.11. The van der Waals surface area contributed by atoms with Crippen LogP contribution in [-0.2, 0) is 4.74 Å². The highest BCUT2D eigenvalue weighted by molar-refractivity contribution is 5.82. The summed E-state index contributed by atoms with van der Waals surface area (Å²) < 4.78 is 6.43. The van der Waals surface area contributed by atoms with Gasteiger partial charge < -0.3 is 4.74 Å². The summed E-state index contributed by atoms with van der Waals surface area (Å²) in [6.07, 6.45) is 0.0188. The molecule has 2 aromatic rings. The molecule has 0 saturated heterocycles. The average molecular weight is 307 g/mol. The van der Waals surface area contributed by atoms with Crippen molar-refractivity contribution in [3.8, 4) is 0 Å². The van der Waals surface area contributed by atoms with Crippen LogP contribution in [0.4, 0.5) is 0 Å². The summed E-state index contributed by atoms with van der Waals surface area (Å²) in [4.78, 5) is 4.76. The Hall–Kier alpha value is -2.09. The maximum absolute atomic E-state index is 6.43. The lowest BCUT2D eigenvalue weighted by Gasteiger charge is -2.36. The second-order valence-corrected chi connectivity index (χ2v) is 7.31. The Balaban J connectivity index is 2.04. The van der Waals surface area contributed by atoms with E-state index >= 15 is 0 Å². The van der Waals surface area contributed by atoms with Gasteiger partial charge in [0.1, 0.15) is 6.10 Å². The van der Waals surface area contributed by atoms with E-state index in [0.29, 0.717) is 0 Å². The maximum Gasteiger partial charge on any atom is 0.189 e. The topological polar surface area (TPSA) is 21.6 Å². The molecule has 0 fully saturated rings. The lowest BCUT2D eigenvalue weighted by atomic mass is 9.85. The molecule has 0 radical (unpaired) electrons. The molecule has 1 aliphatic rings. The third kappa shape index (κ3) is 3.31. The van der Waals surface area contributed by atoms with Crippen molar-refractivity contribution in [3.05, 3.63) is 71.3 Å². The van der Waals surface area contributed by atoms with Gasteiger partial charge in [-0.15, -0.1) is 0 Å². The van der Waals surface area contributed by atoms with Crippen LogP contribution in [0.5, 0.6) is 0 Å². The Bertz CT molecular complexity index is 697. The van der Waals surface area contributed by atoms with Gasteiger partial charge in [0.15, 0.2) is 5.90 Å². The molecule has 2 atom stereocenters. The predicted octanol–water partition coefficient (Wildman–Crippen LogP) is 5.29. The number of aliphatic imine (C=N–C) groups is 1. The quantitative estimate of drug-likeness (QED) is 0.738. The van der Waals surface area contributed by atoms with E-state index in [0.717, 1.165) is 12.4 Å². The third-order valence-electron chi connectivity index (χ3n) is 4.40. The lowest BCUT2D eigenvalue weighted by Crippen LogP contribution is -2.33. The first-order chi connectivity index (χ1) is 11.0. The largest absolute Gasteiger partial charge is 0.472 e. The van der Waals surface area contributed by atoms with Crippen molar-refractivity contribution in [2.24, 2.45) is 10.4 Å². The second kappa shape index (κ2) is 6.19. The first kappa shape index (κ1) is 15.8. The van der Waals surface area contributed by atoms with Gasteiger partial charge in [-0.2, -0.15) is 0 Å². The summed E-state index contributed by atoms with van der Waals surface area (Å²) in [6.45, 7) is 9.40. The van der Waals surface area contributed by atoms with Crippen LogP contribution in [0.1, 0.15) is 49.5 Å². The van der Waals surface area contributed by atoms with Crippen molar-refractivity contribution in [2.75, 3.05) is 6.54 Å². The molecule has 0 aromatic heterocycles. The molecule has 120 valence electrons. The molecule has 3 rings (SSSR count). The summed E-state index contributed by atoms with van der Waals surface area (Å²) in [5, 5.41) is 0. The van der Waals surface area contributed by atoms with Gasteiger partial charge in [-0.05, 0) is 23.6 Å². The highest BCUT2D eigenvalue weighted by atomic mass is 16.5. The van der Waals surface area contributed by atoms with Crippen LogP contribution in [-0.4, -0.2) is 12.4 Å². The van der Waals surface area contributed by atoms with Gasteiger partial charge in [0.05, 0.1) is 6.54 Å². The molecule has 0 saturated carbocycles. The fourth-order valence-electron chi connectivity index (χ4n) is 3.10. The average Bonchev–Trinajstić information content (AvgIpc) is 2.55. The number of benzene rings is 2. The first-order valence-corrected chi connectivity index (χ1v) is 8.29. The molecular formula is C21H25NO. The fraction of sp³-hybridized carbons (Fsp3) is 0.381. The zero-order valence-corrected chi connectivity index (χ0v) is 14.4. The van der Waals surface area contributed by atoms with Crippen molar-refractivity contribution in [2.45, 2.75) is 39.7 Å². The van der Waals surface area contributed by atoms with E-state index in [4.69, 9.17) is 9.73 Å². The normalized spacial score (nSPS) is 21.5. The molecule has 23 heavy (non-hydrogen) atoms. The molecule has 0 bridgehead atoms. The van der Waals surface area contributed by atoms with Crippen LogP contribution in [0.2, 0.25) is 0 Å². The molecule has 0 aliphatic carbocycles. The zero-order valence-electron chi connectivity index (χ0n) is 14.4. The van der Waals surface area contributed by atoms with Gasteiger partial charge in [-0.25, -0.2) is 0 Å². The van der Waals surface area contributed by atoms with Crippen LogP contribution in [0.15, 0.2) is 59.6 Å². The van der Waals surface area contributed by atoms with Gasteiger partial charge >= 0.3 is 0 Å². The van der Waals surface area contributed by atoms with Gasteiger partial charge in [0.2, 0.25) is 0 Å². The Labute approximate surface area is 139 Å². The highest BCUT2D eigenvalue weighted by Crippen LogP contribution is 2.40. The molecule has 0 amide bonds. The summed E-state index contributed by atoms with van der Waals surface area (Å²) in [6, 6.07) is 19.1. The summed E-state index contributed by atoms with van der Waals surface area (Å²) in [7, 11) is 0. The Morgan fingerprint density at radius 2 is 1.61 bits per heavy atom. The number of nitrogens with zero attached hydrogens (tertiary/aromatic N) is 1. The van der Waals surface area contributed by atoms with E-state index in [9.17, 15) is 0 Å². The van der Waals surface area contributed by atoms with Gasteiger partial charge in [0, 0.05) is 11.3 Å². The van der Waals surface area contributed by atoms with Crippen molar-refractivity contribution in [3.63, 3.8) is 0 Å². The SMILES string of the molecule is Cc1ccccc1C1OC(C(C)(C)C)=NCC1c1ccccc1. The lowest BCUT2D eigenvalue weighted by molar-refractivity contribution is 0.123. The molecule has 1 heterocycles. The van der Waals surface area contributed by atoms with E-state index in [1.165, 1.54) is 16.7 Å². The molecule has 2 heteroatoms. The van der Waals surface area contributed by atoms with Gasteiger partial charge in [-0.3, -0.25) is 4.99 Å². The Kier molecular flexibility index (Phi) is 4.25. The molecule has 2 unspecified atom stereocenters. The number of hydrogen-bond acceptors (Lipinski definition) is 2. The minimum absolute atomic E-state index is 0.0188. The van der Waals surface area contributed by atoms with Crippen molar-refractivity contribution in [1.29, 1.82) is 0 Å². The van der Waals surface area contributed by atoms with Crippen LogP contribution < -0.4 is 0 Å². The minimum atomic E-state index is -0.0669. The zero-order chi connectivity index (χ0) is 16.4. The number of ether oxygens (including phenoxy) is 1. The van der Waals surface area contributed by atoms with Crippen molar-refractivity contribution in [1.82, 2.24) is 0 Å². The minimum Gasteiger partial charge on any atom is -0.472 e. The van der Waals surface area contributed by atoms with Gasteiger partial charge in [-0.1, -0.05) is 75.4 Å².